The Balaban J connectivity index is 2.13. The zero-order valence-electron chi connectivity index (χ0n) is 10.4. The topological polar surface area (TPSA) is 81.9 Å². The molecule has 0 aliphatic heterocycles. The van der Waals surface area contributed by atoms with Crippen molar-refractivity contribution in [2.75, 3.05) is 12.4 Å². The van der Waals surface area contributed by atoms with Gasteiger partial charge < -0.3 is 4.74 Å². The minimum atomic E-state index is -0.371. The number of methoxy groups -OCH3 is 1. The average Bonchev–Trinajstić information content (AvgIpc) is 2.81. The molecule has 0 bridgehead atoms. The molecule has 1 amide bonds. The summed E-state index contributed by atoms with van der Waals surface area (Å²) in [5.41, 5.74) is 0.293. The van der Waals surface area contributed by atoms with Gasteiger partial charge in [0.1, 0.15) is 0 Å². The number of hydrogen-bond donors (Lipinski definition) is 1. The van der Waals surface area contributed by atoms with Gasteiger partial charge in [0.15, 0.2) is 11.4 Å². The second kappa shape index (κ2) is 5.79. The van der Waals surface area contributed by atoms with Crippen LogP contribution in [0.2, 0.25) is 0 Å². The van der Waals surface area contributed by atoms with Crippen LogP contribution in [-0.2, 0) is 6.54 Å². The molecule has 2 aromatic heterocycles. The van der Waals surface area contributed by atoms with Crippen LogP contribution >= 0.6 is 15.9 Å². The van der Waals surface area contributed by atoms with E-state index in [2.05, 4.69) is 36.3 Å². The molecule has 0 atom stereocenters. The Hall–Kier alpha value is -1.96. The normalized spacial score (nSPS) is 10.3. The third-order valence-electron chi connectivity index (χ3n) is 2.35. The first-order valence-corrected chi connectivity index (χ1v) is 6.33. The Morgan fingerprint density at radius 2 is 2.16 bits per heavy atom. The summed E-state index contributed by atoms with van der Waals surface area (Å²) in [7, 11) is 1.52. The maximum absolute atomic E-state index is 12.0. The number of aromatic nitrogens is 4. The van der Waals surface area contributed by atoms with Gasteiger partial charge in [-0.15, -0.1) is 0 Å². The molecule has 2 rings (SSSR count). The van der Waals surface area contributed by atoms with Gasteiger partial charge in [0.2, 0.25) is 5.95 Å². The fraction of sp³-hybridized carbons (Fsp3) is 0.273. The third kappa shape index (κ3) is 3.08. The van der Waals surface area contributed by atoms with E-state index in [9.17, 15) is 4.79 Å². The average molecular weight is 326 g/mol. The van der Waals surface area contributed by atoms with Crippen molar-refractivity contribution in [2.24, 2.45) is 0 Å². The van der Waals surface area contributed by atoms with Crippen LogP contribution in [0.5, 0.6) is 5.75 Å². The molecule has 0 spiro atoms. The smallest absolute Gasteiger partial charge is 0.279 e. The number of carbonyl (C=O) groups is 1. The Bertz CT molecular complexity index is 581. The molecular weight excluding hydrogens is 314 g/mol. The van der Waals surface area contributed by atoms with Gasteiger partial charge in [-0.1, -0.05) is 0 Å². The van der Waals surface area contributed by atoms with Gasteiger partial charge >= 0.3 is 0 Å². The number of ether oxygens (including phenoxy) is 1. The summed E-state index contributed by atoms with van der Waals surface area (Å²) in [6.45, 7) is 2.62. The van der Waals surface area contributed by atoms with Crippen molar-refractivity contribution >= 4 is 27.8 Å². The summed E-state index contributed by atoms with van der Waals surface area (Å²) in [5, 5.41) is 6.70. The number of carbonyl (C=O) groups excluding carboxylic acids is 1. The first kappa shape index (κ1) is 13.5. The van der Waals surface area contributed by atoms with Gasteiger partial charge in [-0.2, -0.15) is 5.10 Å². The van der Waals surface area contributed by atoms with Crippen molar-refractivity contribution in [3.05, 3.63) is 28.8 Å². The molecule has 2 aromatic rings. The number of hydrogen-bond acceptors (Lipinski definition) is 5. The number of aryl methyl sites for hydroxylation is 1. The predicted octanol–water partition coefficient (Wildman–Crippen LogP) is 1.72. The van der Waals surface area contributed by atoms with Crippen LogP contribution in [-0.4, -0.2) is 32.8 Å². The lowest BCUT2D eigenvalue weighted by Crippen LogP contribution is -2.15. The highest BCUT2D eigenvalue weighted by atomic mass is 79.9. The van der Waals surface area contributed by atoms with E-state index in [-0.39, 0.29) is 11.9 Å². The number of amides is 1. The Morgan fingerprint density at radius 3 is 2.68 bits per heavy atom. The lowest BCUT2D eigenvalue weighted by atomic mass is 10.4. The number of nitrogens with zero attached hydrogens (tertiary/aromatic N) is 4. The maximum atomic E-state index is 12.0. The molecule has 2 heterocycles. The molecule has 0 fully saturated rings. The monoisotopic (exact) mass is 325 g/mol. The van der Waals surface area contributed by atoms with Crippen LogP contribution in [0.1, 0.15) is 17.4 Å². The maximum Gasteiger partial charge on any atom is 0.279 e. The fourth-order valence-corrected chi connectivity index (χ4v) is 1.86. The van der Waals surface area contributed by atoms with E-state index in [4.69, 9.17) is 4.74 Å². The van der Waals surface area contributed by atoms with Crippen LogP contribution in [0, 0.1) is 0 Å². The Labute approximate surface area is 118 Å². The van der Waals surface area contributed by atoms with Crippen molar-refractivity contribution < 1.29 is 9.53 Å². The highest BCUT2D eigenvalue weighted by Crippen LogP contribution is 2.16. The largest absolute Gasteiger partial charge is 0.494 e. The summed E-state index contributed by atoms with van der Waals surface area (Å²) in [6.07, 6.45) is 4.69. The van der Waals surface area contributed by atoms with E-state index < -0.39 is 0 Å². The summed E-state index contributed by atoms with van der Waals surface area (Å²) >= 11 is 3.29. The minimum absolute atomic E-state index is 0.198. The third-order valence-corrected chi connectivity index (χ3v) is 2.93. The van der Waals surface area contributed by atoms with Gasteiger partial charge in [0.05, 0.1) is 24.0 Å². The predicted molar refractivity (Wildman–Crippen MR) is 72.1 cm³/mol. The molecule has 0 aliphatic carbocycles. The van der Waals surface area contributed by atoms with Crippen molar-refractivity contribution in [1.29, 1.82) is 0 Å². The lowest BCUT2D eigenvalue weighted by Gasteiger charge is -2.02. The molecule has 1 N–H and O–H groups in total. The minimum Gasteiger partial charge on any atom is -0.494 e. The van der Waals surface area contributed by atoms with Gasteiger partial charge in [-0.3, -0.25) is 14.8 Å². The quantitative estimate of drug-likeness (QED) is 0.925. The molecule has 0 saturated heterocycles. The molecule has 7 nitrogen and oxygen atoms in total. The van der Waals surface area contributed by atoms with E-state index in [0.29, 0.717) is 22.5 Å². The molecule has 8 heteroatoms. The van der Waals surface area contributed by atoms with Crippen molar-refractivity contribution in [1.82, 2.24) is 19.7 Å². The second-order valence-electron chi connectivity index (χ2n) is 3.58. The lowest BCUT2D eigenvalue weighted by molar-refractivity contribution is 0.102. The molecule has 0 aromatic carbocycles. The van der Waals surface area contributed by atoms with Gasteiger partial charge in [0.25, 0.3) is 5.91 Å². The van der Waals surface area contributed by atoms with Crippen LogP contribution in [0.4, 0.5) is 5.95 Å². The van der Waals surface area contributed by atoms with Gasteiger partial charge in [-0.25, -0.2) is 9.97 Å². The zero-order valence-corrected chi connectivity index (χ0v) is 12.0. The summed E-state index contributed by atoms with van der Waals surface area (Å²) in [6, 6.07) is 0. The Morgan fingerprint density at radius 1 is 1.47 bits per heavy atom. The molecular formula is C11H12BrN5O2. The molecule has 0 unspecified atom stereocenters. The van der Waals surface area contributed by atoms with E-state index in [1.807, 2.05) is 6.92 Å². The van der Waals surface area contributed by atoms with Crippen molar-refractivity contribution in [2.45, 2.75) is 13.5 Å². The number of nitrogens with one attached hydrogen (secondary N) is 1. The van der Waals surface area contributed by atoms with E-state index in [0.717, 1.165) is 0 Å². The zero-order chi connectivity index (χ0) is 13.8. The van der Waals surface area contributed by atoms with E-state index in [1.54, 1.807) is 10.9 Å². The second-order valence-corrected chi connectivity index (χ2v) is 4.44. The number of halogens is 1. The molecule has 19 heavy (non-hydrogen) atoms. The number of anilines is 1. The fourth-order valence-electron chi connectivity index (χ4n) is 1.36. The highest BCUT2D eigenvalue weighted by molar-refractivity contribution is 9.10. The van der Waals surface area contributed by atoms with Gasteiger partial charge in [0, 0.05) is 12.7 Å². The van der Waals surface area contributed by atoms with Crippen LogP contribution < -0.4 is 10.1 Å². The summed E-state index contributed by atoms with van der Waals surface area (Å²) in [4.78, 5) is 19.9. The molecule has 0 aliphatic rings. The van der Waals surface area contributed by atoms with Crippen molar-refractivity contribution in [3.8, 4) is 5.75 Å². The van der Waals surface area contributed by atoms with Gasteiger partial charge in [-0.05, 0) is 22.9 Å². The summed E-state index contributed by atoms with van der Waals surface area (Å²) in [5.74, 6) is 0.349. The van der Waals surface area contributed by atoms with Crippen LogP contribution in [0.25, 0.3) is 0 Å². The highest BCUT2D eigenvalue weighted by Gasteiger charge is 2.16. The van der Waals surface area contributed by atoms with E-state index >= 15 is 0 Å². The molecule has 0 saturated carbocycles. The first-order valence-electron chi connectivity index (χ1n) is 5.54. The van der Waals surface area contributed by atoms with Crippen LogP contribution in [0.3, 0.4) is 0 Å². The van der Waals surface area contributed by atoms with Crippen LogP contribution in [0.15, 0.2) is 23.1 Å². The SMILES string of the molecule is CCn1cc(Br)c(C(=O)Nc2ncc(OC)cn2)n1. The first-order chi connectivity index (χ1) is 9.13. The molecule has 100 valence electrons. The standard InChI is InChI=1S/C11H12BrN5O2/c1-3-17-6-8(12)9(16-17)10(18)15-11-13-4-7(19-2)5-14-11/h4-6H,3H2,1-2H3,(H,13,14,15,18). The summed E-state index contributed by atoms with van der Waals surface area (Å²) < 4.78 is 7.22. The molecule has 0 radical (unpaired) electrons. The number of rotatable bonds is 4. The van der Waals surface area contributed by atoms with Crippen molar-refractivity contribution in [3.63, 3.8) is 0 Å². The Kier molecular flexibility index (Phi) is 4.10. The van der Waals surface area contributed by atoms with E-state index in [1.165, 1.54) is 19.5 Å².